The van der Waals surface area contributed by atoms with Crippen LogP contribution in [0.3, 0.4) is 0 Å². The maximum atomic E-state index is 12.7. The summed E-state index contributed by atoms with van der Waals surface area (Å²) in [6.45, 7) is 7.10. The summed E-state index contributed by atoms with van der Waals surface area (Å²) in [4.78, 5) is 35.8. The van der Waals surface area contributed by atoms with E-state index < -0.39 is 18.2 Å². The van der Waals surface area contributed by atoms with Crippen molar-refractivity contribution in [2.75, 3.05) is 20.1 Å². The third-order valence-electron chi connectivity index (χ3n) is 5.87. The molecule has 0 spiro atoms. The number of hydrogen-bond donors (Lipinski definition) is 1. The number of nitrogens with zero attached hydrogens (tertiary/aromatic N) is 4. The Labute approximate surface area is 189 Å². The Hall–Kier alpha value is -3.19. The summed E-state index contributed by atoms with van der Waals surface area (Å²) in [6.07, 6.45) is -0.486. The van der Waals surface area contributed by atoms with Crippen molar-refractivity contribution in [2.24, 2.45) is 10.9 Å². The fourth-order valence-corrected chi connectivity index (χ4v) is 4.38. The van der Waals surface area contributed by atoms with Gasteiger partial charge in [-0.25, -0.2) is 9.79 Å². The molecule has 2 unspecified atom stereocenters. The number of imide groups is 1. The fraction of sp³-hybridized carbons (Fsp3) is 0.400. The van der Waals surface area contributed by atoms with Gasteiger partial charge in [-0.1, -0.05) is 74.5 Å². The molecule has 2 aliphatic rings. The van der Waals surface area contributed by atoms with Crippen LogP contribution in [0.4, 0.5) is 4.79 Å². The zero-order valence-corrected chi connectivity index (χ0v) is 18.9. The normalized spacial score (nSPS) is 20.6. The van der Waals surface area contributed by atoms with Gasteiger partial charge in [-0.15, -0.1) is 0 Å². The molecule has 0 radical (unpaired) electrons. The van der Waals surface area contributed by atoms with E-state index >= 15 is 0 Å². The number of fused-ring (bicyclic) bond motifs is 1. The van der Waals surface area contributed by atoms with Crippen LogP contribution in [-0.2, 0) is 17.9 Å². The van der Waals surface area contributed by atoms with Crippen molar-refractivity contribution in [3.05, 3.63) is 71.8 Å². The molecular weight excluding hydrogens is 402 g/mol. The standard InChI is InChI=1S/C25H31N5O2/c1-18(2)14-30-21(26-23-22(30)24(31)27-25(32)28(23)3)17-29(15-19-10-6-4-7-11-19)16-20-12-8-5-9-13-20/h4-13,18,22-23H,14-17H2,1-3H3,(H,27,31,32). The zero-order chi connectivity index (χ0) is 22.7. The van der Waals surface area contributed by atoms with Crippen LogP contribution in [0.25, 0.3) is 0 Å². The van der Waals surface area contributed by atoms with E-state index in [2.05, 4.69) is 53.2 Å². The lowest BCUT2D eigenvalue weighted by molar-refractivity contribution is -0.127. The number of likely N-dealkylation sites (N-methyl/N-ethyl adjacent to an activating group) is 1. The Morgan fingerprint density at radius 2 is 1.50 bits per heavy atom. The lowest BCUT2D eigenvalue weighted by Crippen LogP contribution is -2.64. The van der Waals surface area contributed by atoms with Crippen LogP contribution in [0.5, 0.6) is 0 Å². The molecule has 0 saturated carbocycles. The highest BCUT2D eigenvalue weighted by atomic mass is 16.2. The van der Waals surface area contributed by atoms with Crippen LogP contribution < -0.4 is 5.32 Å². The van der Waals surface area contributed by atoms with Gasteiger partial charge in [0, 0.05) is 26.7 Å². The Balaban J connectivity index is 1.62. The van der Waals surface area contributed by atoms with Crippen molar-refractivity contribution in [2.45, 2.75) is 39.1 Å². The molecule has 0 aromatic heterocycles. The second kappa shape index (κ2) is 9.53. The molecule has 168 valence electrons. The van der Waals surface area contributed by atoms with E-state index in [1.807, 2.05) is 36.4 Å². The lowest BCUT2D eigenvalue weighted by Gasteiger charge is -2.37. The van der Waals surface area contributed by atoms with Gasteiger partial charge in [0.2, 0.25) is 0 Å². The van der Waals surface area contributed by atoms with Crippen molar-refractivity contribution in [1.82, 2.24) is 20.0 Å². The van der Waals surface area contributed by atoms with Crippen molar-refractivity contribution in [1.29, 1.82) is 0 Å². The van der Waals surface area contributed by atoms with Gasteiger partial charge >= 0.3 is 6.03 Å². The van der Waals surface area contributed by atoms with Gasteiger partial charge in [-0.3, -0.25) is 15.0 Å². The maximum Gasteiger partial charge on any atom is 0.325 e. The molecule has 2 aliphatic heterocycles. The predicted octanol–water partition coefficient (Wildman–Crippen LogP) is 2.94. The van der Waals surface area contributed by atoms with Gasteiger partial charge in [-0.2, -0.15) is 0 Å². The van der Waals surface area contributed by atoms with Crippen molar-refractivity contribution < 1.29 is 9.59 Å². The van der Waals surface area contributed by atoms with Crippen LogP contribution in [0.2, 0.25) is 0 Å². The lowest BCUT2D eigenvalue weighted by atomic mass is 10.1. The van der Waals surface area contributed by atoms with Crippen LogP contribution >= 0.6 is 0 Å². The molecule has 2 heterocycles. The first-order valence-electron chi connectivity index (χ1n) is 11.1. The monoisotopic (exact) mass is 433 g/mol. The highest BCUT2D eigenvalue weighted by molar-refractivity contribution is 6.04. The van der Waals surface area contributed by atoms with Crippen molar-refractivity contribution >= 4 is 17.8 Å². The third kappa shape index (κ3) is 4.83. The number of amidine groups is 1. The number of urea groups is 1. The number of carbonyl (C=O) groups is 2. The van der Waals surface area contributed by atoms with Gasteiger partial charge in [0.1, 0.15) is 5.84 Å². The van der Waals surface area contributed by atoms with Crippen LogP contribution in [0.1, 0.15) is 25.0 Å². The van der Waals surface area contributed by atoms with Crippen LogP contribution in [0.15, 0.2) is 65.7 Å². The SMILES string of the molecule is CC(C)CN1C(CN(Cc2ccccc2)Cc2ccccc2)=NC2C1C(=O)NC(=O)N2C. The molecule has 2 aromatic rings. The Bertz CT molecular complexity index is 935. The van der Waals surface area contributed by atoms with E-state index in [1.54, 1.807) is 7.05 Å². The summed E-state index contributed by atoms with van der Waals surface area (Å²) in [6, 6.07) is 19.9. The van der Waals surface area contributed by atoms with E-state index in [0.717, 1.165) is 18.9 Å². The number of amides is 3. The summed E-state index contributed by atoms with van der Waals surface area (Å²) in [7, 11) is 1.70. The maximum absolute atomic E-state index is 12.7. The van der Waals surface area contributed by atoms with Crippen LogP contribution in [0, 0.1) is 5.92 Å². The fourth-order valence-electron chi connectivity index (χ4n) is 4.38. The number of carbonyl (C=O) groups excluding carboxylic acids is 2. The Morgan fingerprint density at radius 1 is 0.938 bits per heavy atom. The Morgan fingerprint density at radius 3 is 2.03 bits per heavy atom. The number of aliphatic imine (C=N–C) groups is 1. The third-order valence-corrected chi connectivity index (χ3v) is 5.87. The largest absolute Gasteiger partial charge is 0.343 e. The highest BCUT2D eigenvalue weighted by Gasteiger charge is 2.48. The number of rotatable bonds is 8. The second-order valence-corrected chi connectivity index (χ2v) is 8.97. The molecule has 2 aromatic carbocycles. The minimum absolute atomic E-state index is 0.268. The summed E-state index contributed by atoms with van der Waals surface area (Å²) in [5, 5.41) is 2.48. The summed E-state index contributed by atoms with van der Waals surface area (Å²) >= 11 is 0. The molecule has 1 fully saturated rings. The molecule has 2 atom stereocenters. The molecule has 0 bridgehead atoms. The summed E-state index contributed by atoms with van der Waals surface area (Å²) in [5.41, 5.74) is 2.44. The molecule has 4 rings (SSSR count). The van der Waals surface area contributed by atoms with Gasteiger partial charge in [0.15, 0.2) is 12.2 Å². The van der Waals surface area contributed by atoms with Gasteiger partial charge in [0.25, 0.3) is 5.91 Å². The summed E-state index contributed by atoms with van der Waals surface area (Å²) < 4.78 is 0. The molecule has 1 N–H and O–H groups in total. The average molecular weight is 434 g/mol. The molecular formula is C25H31N5O2. The molecule has 1 saturated heterocycles. The van der Waals surface area contributed by atoms with Crippen molar-refractivity contribution in [3.8, 4) is 0 Å². The first-order chi connectivity index (χ1) is 15.4. The minimum Gasteiger partial charge on any atom is -0.343 e. The molecule has 32 heavy (non-hydrogen) atoms. The minimum atomic E-state index is -0.486. The topological polar surface area (TPSA) is 68.2 Å². The summed E-state index contributed by atoms with van der Waals surface area (Å²) in [5.74, 6) is 0.943. The molecule has 7 nitrogen and oxygen atoms in total. The van der Waals surface area contributed by atoms with E-state index in [-0.39, 0.29) is 5.91 Å². The van der Waals surface area contributed by atoms with Gasteiger partial charge in [-0.05, 0) is 17.0 Å². The quantitative estimate of drug-likeness (QED) is 0.695. The first kappa shape index (κ1) is 22.0. The predicted molar refractivity (Wildman–Crippen MR) is 125 cm³/mol. The van der Waals surface area contributed by atoms with Crippen molar-refractivity contribution in [3.63, 3.8) is 0 Å². The van der Waals surface area contributed by atoms with E-state index in [0.29, 0.717) is 19.0 Å². The van der Waals surface area contributed by atoms with E-state index in [9.17, 15) is 9.59 Å². The van der Waals surface area contributed by atoms with Crippen LogP contribution in [-0.4, -0.2) is 64.8 Å². The second-order valence-electron chi connectivity index (χ2n) is 8.97. The smallest absolute Gasteiger partial charge is 0.325 e. The van der Waals surface area contributed by atoms with E-state index in [4.69, 9.17) is 4.99 Å². The zero-order valence-electron chi connectivity index (χ0n) is 18.9. The molecule has 0 aliphatic carbocycles. The van der Waals surface area contributed by atoms with Gasteiger partial charge in [0.05, 0.1) is 6.54 Å². The van der Waals surface area contributed by atoms with E-state index in [1.165, 1.54) is 16.0 Å². The number of nitrogens with one attached hydrogen (secondary N) is 1. The molecule has 7 heteroatoms. The molecule has 3 amide bonds. The number of benzene rings is 2. The number of hydrogen-bond acceptors (Lipinski definition) is 5. The first-order valence-corrected chi connectivity index (χ1v) is 11.1. The Kier molecular flexibility index (Phi) is 6.55. The average Bonchev–Trinajstić information content (AvgIpc) is 3.11. The highest BCUT2D eigenvalue weighted by Crippen LogP contribution is 2.26. The van der Waals surface area contributed by atoms with Gasteiger partial charge < -0.3 is 9.80 Å².